The van der Waals surface area contributed by atoms with Gasteiger partial charge in [0.25, 0.3) is 0 Å². The van der Waals surface area contributed by atoms with Crippen LogP contribution in [0.4, 0.5) is 0 Å². The van der Waals surface area contributed by atoms with Gasteiger partial charge in [0.1, 0.15) is 0 Å². The fourth-order valence-corrected chi connectivity index (χ4v) is 1.67. The van der Waals surface area contributed by atoms with Crippen LogP contribution in [0, 0.1) is 0 Å². The fourth-order valence-electron chi connectivity index (χ4n) is 0.757. The smallest absolute Gasteiger partial charge is 0.0521 e. The minimum atomic E-state index is 0.227. The van der Waals surface area contributed by atoms with Crippen molar-refractivity contribution in [1.29, 1.82) is 0 Å². The molecule has 0 aromatic rings. The van der Waals surface area contributed by atoms with E-state index in [1.165, 1.54) is 0 Å². The summed E-state index contributed by atoms with van der Waals surface area (Å²) in [6.07, 6.45) is 0.787. The first-order valence-corrected chi connectivity index (χ1v) is 4.97. The highest BCUT2D eigenvalue weighted by molar-refractivity contribution is 7.99. The van der Waals surface area contributed by atoms with E-state index in [1.807, 2.05) is 7.05 Å². The Balaban J connectivity index is 3.20. The van der Waals surface area contributed by atoms with Crippen LogP contribution >= 0.6 is 11.8 Å². The van der Waals surface area contributed by atoms with Crippen molar-refractivity contribution >= 4 is 11.8 Å². The highest BCUT2D eigenvalue weighted by atomic mass is 32.2. The summed E-state index contributed by atoms with van der Waals surface area (Å²) < 4.78 is 0. The molecule has 1 unspecified atom stereocenters. The molecule has 0 heterocycles. The van der Waals surface area contributed by atoms with Crippen molar-refractivity contribution in [3.8, 4) is 0 Å². The maximum atomic E-state index is 8.63. The summed E-state index contributed by atoms with van der Waals surface area (Å²) >= 11 is 1.70. The van der Waals surface area contributed by atoms with Gasteiger partial charge in [0, 0.05) is 24.2 Å². The lowest BCUT2D eigenvalue weighted by molar-refractivity contribution is 0.273. The topological polar surface area (TPSA) is 52.5 Å². The van der Waals surface area contributed by atoms with Crippen LogP contribution in [0.1, 0.15) is 6.42 Å². The summed E-state index contributed by atoms with van der Waals surface area (Å²) in [6.45, 7) is 0.464. The third-order valence-corrected chi connectivity index (χ3v) is 2.55. The third-order valence-electron chi connectivity index (χ3n) is 1.44. The minimum absolute atomic E-state index is 0.227. The molecule has 0 saturated carbocycles. The summed E-state index contributed by atoms with van der Waals surface area (Å²) in [6, 6.07) is 0.372. The van der Waals surface area contributed by atoms with Gasteiger partial charge < -0.3 is 15.5 Å². The largest absolute Gasteiger partial charge is 0.396 e. The van der Waals surface area contributed by atoms with Crippen LogP contribution in [0.3, 0.4) is 0 Å². The molecule has 3 N–H and O–H groups in total. The maximum absolute atomic E-state index is 8.63. The lowest BCUT2D eigenvalue weighted by Crippen LogP contribution is -2.28. The molecular formula is C7H17NO2S. The zero-order chi connectivity index (χ0) is 8.53. The van der Waals surface area contributed by atoms with Crippen molar-refractivity contribution in [3.63, 3.8) is 0 Å². The standard InChI is InChI=1S/C7H17NO2S/c1-8-7(2-3-9)6-11-5-4-10/h7-10H,2-6H2,1H3. The molecule has 0 amide bonds. The van der Waals surface area contributed by atoms with Gasteiger partial charge in [-0.15, -0.1) is 0 Å². The number of nitrogens with one attached hydrogen (secondary N) is 1. The molecule has 1 atom stereocenters. The number of aliphatic hydroxyl groups excluding tert-OH is 2. The Morgan fingerprint density at radius 2 is 2.09 bits per heavy atom. The van der Waals surface area contributed by atoms with Crippen LogP contribution in [0.2, 0.25) is 0 Å². The number of thioether (sulfide) groups is 1. The first kappa shape index (κ1) is 11.2. The number of hydrogen-bond acceptors (Lipinski definition) is 4. The molecule has 0 radical (unpaired) electrons. The quantitative estimate of drug-likeness (QED) is 0.469. The summed E-state index contributed by atoms with van der Waals surface area (Å²) in [5, 5.41) is 20.2. The predicted molar refractivity (Wildman–Crippen MR) is 49.0 cm³/mol. The lowest BCUT2D eigenvalue weighted by Gasteiger charge is -2.13. The Labute approximate surface area is 72.2 Å². The molecule has 11 heavy (non-hydrogen) atoms. The van der Waals surface area contributed by atoms with Crippen molar-refractivity contribution < 1.29 is 10.2 Å². The van der Waals surface area contributed by atoms with Crippen LogP contribution in [-0.2, 0) is 0 Å². The minimum Gasteiger partial charge on any atom is -0.396 e. The van der Waals surface area contributed by atoms with Crippen LogP contribution in [0.25, 0.3) is 0 Å². The number of hydrogen-bond donors (Lipinski definition) is 3. The van der Waals surface area contributed by atoms with Gasteiger partial charge in [-0.05, 0) is 13.5 Å². The molecule has 0 fully saturated rings. The summed E-state index contributed by atoms with van der Waals surface area (Å²) in [5.74, 6) is 1.74. The normalized spacial score (nSPS) is 13.4. The van der Waals surface area contributed by atoms with Crippen molar-refractivity contribution in [1.82, 2.24) is 5.32 Å². The van der Waals surface area contributed by atoms with E-state index in [1.54, 1.807) is 11.8 Å². The van der Waals surface area contributed by atoms with E-state index >= 15 is 0 Å². The molecular weight excluding hydrogens is 162 g/mol. The maximum Gasteiger partial charge on any atom is 0.0521 e. The summed E-state index contributed by atoms with van der Waals surface area (Å²) in [4.78, 5) is 0. The molecule has 3 nitrogen and oxygen atoms in total. The van der Waals surface area contributed by atoms with Crippen LogP contribution < -0.4 is 5.32 Å². The molecule has 0 spiro atoms. The molecule has 0 aliphatic carbocycles. The molecule has 4 heteroatoms. The Kier molecular flexibility index (Phi) is 8.50. The number of aliphatic hydroxyl groups is 2. The van der Waals surface area contributed by atoms with Gasteiger partial charge in [0.15, 0.2) is 0 Å². The van der Waals surface area contributed by atoms with E-state index in [2.05, 4.69) is 5.32 Å². The van der Waals surface area contributed by atoms with E-state index in [-0.39, 0.29) is 13.2 Å². The van der Waals surface area contributed by atoms with Gasteiger partial charge in [0.05, 0.1) is 6.61 Å². The lowest BCUT2D eigenvalue weighted by atomic mass is 10.2. The van der Waals surface area contributed by atoms with Crippen LogP contribution in [0.15, 0.2) is 0 Å². The second-order valence-electron chi connectivity index (χ2n) is 2.30. The van der Waals surface area contributed by atoms with Crippen LogP contribution in [-0.4, -0.2) is 48.0 Å². The molecule has 0 saturated heterocycles. The highest BCUT2D eigenvalue weighted by Crippen LogP contribution is 2.03. The van der Waals surface area contributed by atoms with Gasteiger partial charge in [-0.2, -0.15) is 11.8 Å². The monoisotopic (exact) mass is 179 g/mol. The van der Waals surface area contributed by atoms with Gasteiger partial charge in [0.2, 0.25) is 0 Å². The highest BCUT2D eigenvalue weighted by Gasteiger charge is 2.03. The second kappa shape index (κ2) is 8.33. The third kappa shape index (κ3) is 6.62. The Bertz CT molecular complexity index is 82.8. The van der Waals surface area contributed by atoms with E-state index in [0.29, 0.717) is 6.04 Å². The van der Waals surface area contributed by atoms with Crippen molar-refractivity contribution in [2.45, 2.75) is 12.5 Å². The second-order valence-corrected chi connectivity index (χ2v) is 3.45. The summed E-state index contributed by atoms with van der Waals surface area (Å²) in [5.41, 5.74) is 0. The van der Waals surface area contributed by atoms with Gasteiger partial charge in [-0.25, -0.2) is 0 Å². The molecule has 0 aliphatic heterocycles. The molecule has 68 valence electrons. The van der Waals surface area contributed by atoms with Crippen molar-refractivity contribution in [3.05, 3.63) is 0 Å². The Morgan fingerprint density at radius 3 is 2.55 bits per heavy atom. The van der Waals surface area contributed by atoms with E-state index in [9.17, 15) is 0 Å². The molecule has 0 aliphatic rings. The zero-order valence-corrected chi connectivity index (χ0v) is 7.73. The first-order valence-electron chi connectivity index (χ1n) is 3.81. The van der Waals surface area contributed by atoms with E-state index in [0.717, 1.165) is 17.9 Å². The van der Waals surface area contributed by atoms with Gasteiger partial charge in [-0.1, -0.05) is 0 Å². The SMILES string of the molecule is CNC(CCO)CSCCO. The van der Waals surface area contributed by atoms with Crippen molar-refractivity contribution in [2.24, 2.45) is 0 Å². The van der Waals surface area contributed by atoms with Crippen molar-refractivity contribution in [2.75, 3.05) is 31.8 Å². The van der Waals surface area contributed by atoms with Crippen LogP contribution in [0.5, 0.6) is 0 Å². The molecule has 0 rings (SSSR count). The molecule has 0 aromatic carbocycles. The fraction of sp³-hybridized carbons (Fsp3) is 1.00. The summed E-state index contributed by atoms with van der Waals surface area (Å²) in [7, 11) is 1.89. The van der Waals surface area contributed by atoms with E-state index < -0.39 is 0 Å². The molecule has 0 bridgehead atoms. The Hall–Kier alpha value is 0.230. The predicted octanol–water partition coefficient (Wildman–Crippen LogP) is -0.318. The molecule has 0 aromatic heterocycles. The van der Waals surface area contributed by atoms with E-state index in [4.69, 9.17) is 10.2 Å². The average Bonchev–Trinajstić information content (AvgIpc) is 2.03. The first-order chi connectivity index (χ1) is 5.35. The Morgan fingerprint density at radius 1 is 1.36 bits per heavy atom. The van der Waals surface area contributed by atoms with Gasteiger partial charge in [-0.3, -0.25) is 0 Å². The average molecular weight is 179 g/mol. The zero-order valence-electron chi connectivity index (χ0n) is 6.92. The van der Waals surface area contributed by atoms with Gasteiger partial charge >= 0.3 is 0 Å². The number of rotatable bonds is 7.